The smallest absolute Gasteiger partial charge is 0.249 e. The van der Waals surface area contributed by atoms with Gasteiger partial charge in [-0.25, -0.2) is 0 Å². The molecule has 25 heavy (non-hydrogen) atoms. The van der Waals surface area contributed by atoms with Gasteiger partial charge in [-0.05, 0) is 36.2 Å². The zero-order valence-electron chi connectivity index (χ0n) is 13.6. The van der Waals surface area contributed by atoms with Gasteiger partial charge in [-0.1, -0.05) is 29.8 Å². The van der Waals surface area contributed by atoms with Gasteiger partial charge in [0.05, 0.1) is 18.3 Å². The molecule has 0 saturated carbocycles. The summed E-state index contributed by atoms with van der Waals surface area (Å²) in [7, 11) is 1.58. The number of benzene rings is 2. The van der Waals surface area contributed by atoms with Crippen LogP contribution in [0, 0.1) is 0 Å². The molecule has 1 N–H and O–H groups in total. The minimum Gasteiger partial charge on any atom is -0.495 e. The van der Waals surface area contributed by atoms with Crippen molar-refractivity contribution in [2.75, 3.05) is 23.9 Å². The van der Waals surface area contributed by atoms with Crippen LogP contribution in [0.1, 0.15) is 5.56 Å². The Morgan fingerprint density at radius 2 is 2.08 bits per heavy atom. The van der Waals surface area contributed by atoms with Crippen molar-refractivity contribution in [2.45, 2.75) is 6.42 Å². The highest BCUT2D eigenvalue weighted by molar-refractivity contribution is 6.32. The van der Waals surface area contributed by atoms with Crippen LogP contribution >= 0.6 is 11.6 Å². The Morgan fingerprint density at radius 3 is 2.92 bits per heavy atom. The van der Waals surface area contributed by atoms with E-state index in [1.54, 1.807) is 25.4 Å². The Kier molecular flexibility index (Phi) is 4.11. The van der Waals surface area contributed by atoms with E-state index in [0.717, 1.165) is 24.5 Å². The molecule has 0 atom stereocenters. The number of hydrogen-bond donors (Lipinski definition) is 1. The highest BCUT2D eigenvalue weighted by Crippen LogP contribution is 2.33. The lowest BCUT2D eigenvalue weighted by Gasteiger charge is -2.18. The normalized spacial score (nSPS) is 12.8. The van der Waals surface area contributed by atoms with Crippen LogP contribution in [0.25, 0.3) is 0 Å². The SMILES string of the molecule is COc1ccc(Nc2nncc(N3CCc4ccccc43)n2)cc1Cl. The highest BCUT2D eigenvalue weighted by atomic mass is 35.5. The van der Waals surface area contributed by atoms with Crippen molar-refractivity contribution in [3.8, 4) is 5.75 Å². The van der Waals surface area contributed by atoms with Crippen molar-refractivity contribution >= 4 is 34.7 Å². The summed E-state index contributed by atoms with van der Waals surface area (Å²) in [5, 5.41) is 11.8. The molecule has 126 valence electrons. The van der Waals surface area contributed by atoms with E-state index in [1.165, 1.54) is 11.3 Å². The van der Waals surface area contributed by atoms with E-state index in [0.29, 0.717) is 16.7 Å². The van der Waals surface area contributed by atoms with Crippen LogP contribution in [0.15, 0.2) is 48.7 Å². The Morgan fingerprint density at radius 1 is 1.20 bits per heavy atom. The summed E-state index contributed by atoms with van der Waals surface area (Å²) in [6, 6.07) is 13.7. The van der Waals surface area contributed by atoms with Gasteiger partial charge in [-0.2, -0.15) is 10.1 Å². The first kappa shape index (κ1) is 15.7. The number of para-hydroxylation sites is 1. The molecule has 1 aliphatic rings. The molecule has 0 fully saturated rings. The number of hydrogen-bond acceptors (Lipinski definition) is 6. The third kappa shape index (κ3) is 3.08. The number of methoxy groups -OCH3 is 1. The number of aromatic nitrogens is 3. The molecule has 3 aromatic rings. The quantitative estimate of drug-likeness (QED) is 0.765. The van der Waals surface area contributed by atoms with Crippen LogP contribution < -0.4 is 15.0 Å². The largest absolute Gasteiger partial charge is 0.495 e. The van der Waals surface area contributed by atoms with Crippen LogP contribution in [0.2, 0.25) is 5.02 Å². The van der Waals surface area contributed by atoms with E-state index in [9.17, 15) is 0 Å². The molecule has 0 amide bonds. The molecule has 1 aliphatic heterocycles. The van der Waals surface area contributed by atoms with Gasteiger partial charge in [0.25, 0.3) is 0 Å². The van der Waals surface area contributed by atoms with Gasteiger partial charge in [0.1, 0.15) is 5.75 Å². The fraction of sp³-hybridized carbons (Fsp3) is 0.167. The Balaban J connectivity index is 1.59. The van der Waals surface area contributed by atoms with E-state index in [1.807, 2.05) is 12.1 Å². The van der Waals surface area contributed by atoms with E-state index >= 15 is 0 Å². The molecule has 0 aliphatic carbocycles. The maximum Gasteiger partial charge on any atom is 0.249 e. The zero-order valence-corrected chi connectivity index (χ0v) is 14.4. The number of ether oxygens (including phenoxy) is 1. The summed E-state index contributed by atoms with van der Waals surface area (Å²) in [6.45, 7) is 0.881. The van der Waals surface area contributed by atoms with E-state index in [4.69, 9.17) is 16.3 Å². The van der Waals surface area contributed by atoms with E-state index in [2.05, 4.69) is 43.6 Å². The molecule has 0 bridgehead atoms. The number of nitrogens with one attached hydrogen (secondary N) is 1. The Hall–Kier alpha value is -2.86. The van der Waals surface area contributed by atoms with Gasteiger partial charge in [0, 0.05) is 17.9 Å². The fourth-order valence-electron chi connectivity index (χ4n) is 2.93. The number of halogens is 1. The summed E-state index contributed by atoms with van der Waals surface area (Å²) < 4.78 is 5.16. The predicted octanol–water partition coefficient (Wildman–Crippen LogP) is 3.97. The van der Waals surface area contributed by atoms with Gasteiger partial charge < -0.3 is 15.0 Å². The minimum atomic E-state index is 0.420. The van der Waals surface area contributed by atoms with Crippen molar-refractivity contribution in [1.82, 2.24) is 15.2 Å². The van der Waals surface area contributed by atoms with Crippen molar-refractivity contribution in [3.63, 3.8) is 0 Å². The maximum atomic E-state index is 6.16. The van der Waals surface area contributed by atoms with Crippen molar-refractivity contribution in [1.29, 1.82) is 0 Å². The molecule has 1 aromatic heterocycles. The predicted molar refractivity (Wildman–Crippen MR) is 98.3 cm³/mol. The molecule has 4 rings (SSSR count). The summed E-state index contributed by atoms with van der Waals surface area (Å²) >= 11 is 6.16. The van der Waals surface area contributed by atoms with Crippen LogP contribution in [-0.4, -0.2) is 28.8 Å². The summed E-state index contributed by atoms with van der Waals surface area (Å²) in [6.07, 6.45) is 2.67. The van der Waals surface area contributed by atoms with Crippen LogP contribution in [0.3, 0.4) is 0 Å². The van der Waals surface area contributed by atoms with Gasteiger partial charge >= 0.3 is 0 Å². The molecule has 0 spiro atoms. The summed E-state index contributed by atoms with van der Waals surface area (Å²) in [5.41, 5.74) is 3.26. The zero-order chi connectivity index (χ0) is 17.2. The van der Waals surface area contributed by atoms with Crippen LogP contribution in [-0.2, 0) is 6.42 Å². The first-order valence-corrected chi connectivity index (χ1v) is 8.28. The second-order valence-corrected chi connectivity index (χ2v) is 6.05. The van der Waals surface area contributed by atoms with Gasteiger partial charge in [0.15, 0.2) is 5.82 Å². The number of nitrogens with zero attached hydrogens (tertiary/aromatic N) is 4. The monoisotopic (exact) mass is 353 g/mol. The average molecular weight is 354 g/mol. The van der Waals surface area contributed by atoms with E-state index in [-0.39, 0.29) is 0 Å². The maximum absolute atomic E-state index is 6.16. The lowest BCUT2D eigenvalue weighted by Crippen LogP contribution is -2.16. The minimum absolute atomic E-state index is 0.420. The van der Waals surface area contributed by atoms with Crippen LogP contribution in [0.4, 0.5) is 23.1 Å². The standard InChI is InChI=1S/C18H16ClN5O/c1-25-16-7-6-13(10-14(16)19)21-18-22-17(11-20-23-18)24-9-8-12-4-2-3-5-15(12)24/h2-7,10-11H,8-9H2,1H3,(H,21,22,23). The fourth-order valence-corrected chi connectivity index (χ4v) is 3.19. The molecule has 0 radical (unpaired) electrons. The molecular formula is C18H16ClN5O. The second kappa shape index (κ2) is 6.57. The molecule has 7 heteroatoms. The average Bonchev–Trinajstić information content (AvgIpc) is 3.06. The van der Waals surface area contributed by atoms with Crippen molar-refractivity contribution in [3.05, 3.63) is 59.2 Å². The molecular weight excluding hydrogens is 338 g/mol. The third-order valence-corrected chi connectivity index (χ3v) is 4.41. The Bertz CT molecular complexity index is 917. The highest BCUT2D eigenvalue weighted by Gasteiger charge is 2.21. The lowest BCUT2D eigenvalue weighted by atomic mass is 10.2. The summed E-state index contributed by atoms with van der Waals surface area (Å²) in [4.78, 5) is 6.74. The van der Waals surface area contributed by atoms with Crippen molar-refractivity contribution < 1.29 is 4.74 Å². The van der Waals surface area contributed by atoms with Crippen LogP contribution in [0.5, 0.6) is 5.75 Å². The lowest BCUT2D eigenvalue weighted by molar-refractivity contribution is 0.415. The first-order valence-electron chi connectivity index (χ1n) is 7.90. The van der Waals surface area contributed by atoms with Gasteiger partial charge in [-0.15, -0.1) is 5.10 Å². The van der Waals surface area contributed by atoms with Crippen molar-refractivity contribution in [2.24, 2.45) is 0 Å². The second-order valence-electron chi connectivity index (χ2n) is 5.64. The molecule has 0 saturated heterocycles. The number of rotatable bonds is 4. The number of anilines is 4. The third-order valence-electron chi connectivity index (χ3n) is 4.12. The summed E-state index contributed by atoms with van der Waals surface area (Å²) in [5.74, 6) is 1.80. The molecule has 2 heterocycles. The molecule has 2 aromatic carbocycles. The van der Waals surface area contributed by atoms with E-state index < -0.39 is 0 Å². The molecule has 6 nitrogen and oxygen atoms in total. The topological polar surface area (TPSA) is 63.2 Å². The van der Waals surface area contributed by atoms with Gasteiger partial charge in [-0.3, -0.25) is 0 Å². The van der Waals surface area contributed by atoms with Gasteiger partial charge in [0.2, 0.25) is 5.95 Å². The molecule has 0 unspecified atom stereocenters. The Labute approximate surface area is 150 Å². The first-order chi connectivity index (χ1) is 12.2. The number of fused-ring (bicyclic) bond motifs is 1.